The molecule has 2 rings (SSSR count). The first kappa shape index (κ1) is 13.1. The fraction of sp³-hybridized carbons (Fsp3) is 0.200. The van der Waals surface area contributed by atoms with Gasteiger partial charge in [-0.1, -0.05) is 6.07 Å². The molecule has 0 bridgehead atoms. The Morgan fingerprint density at radius 3 is 2.68 bits per heavy atom. The van der Waals surface area contributed by atoms with E-state index < -0.39 is 5.97 Å². The maximum atomic E-state index is 11.1. The van der Waals surface area contributed by atoms with Gasteiger partial charge >= 0.3 is 5.97 Å². The summed E-state index contributed by atoms with van der Waals surface area (Å²) in [5.74, 6) is -0.911. The zero-order valence-electron chi connectivity index (χ0n) is 10.8. The number of aromatic nitrogens is 1. The number of nitrogens with zero attached hydrogens (tertiary/aromatic N) is 1. The number of aryl methyl sites for hydroxylation is 1. The normalized spacial score (nSPS) is 10.2. The Kier molecular flexibility index (Phi) is 4.13. The molecule has 0 saturated heterocycles. The largest absolute Gasteiger partial charge is 0.478 e. The van der Waals surface area contributed by atoms with Gasteiger partial charge in [0.2, 0.25) is 0 Å². The van der Waals surface area contributed by atoms with Gasteiger partial charge in [-0.25, -0.2) is 4.79 Å². The van der Waals surface area contributed by atoms with E-state index in [1.54, 1.807) is 24.5 Å². The summed E-state index contributed by atoms with van der Waals surface area (Å²) in [5, 5.41) is 12.3. The highest BCUT2D eigenvalue weighted by atomic mass is 16.4. The van der Waals surface area contributed by atoms with E-state index in [1.165, 1.54) is 5.56 Å². The van der Waals surface area contributed by atoms with Crippen molar-refractivity contribution in [2.75, 3.05) is 11.9 Å². The van der Waals surface area contributed by atoms with Gasteiger partial charge in [-0.3, -0.25) is 4.98 Å². The molecule has 0 aliphatic carbocycles. The lowest BCUT2D eigenvalue weighted by molar-refractivity contribution is 0.0698. The Morgan fingerprint density at radius 2 is 2.00 bits per heavy atom. The van der Waals surface area contributed by atoms with Crippen LogP contribution in [0.4, 0.5) is 5.69 Å². The molecule has 1 heterocycles. The summed E-state index contributed by atoms with van der Waals surface area (Å²) in [5.41, 5.74) is 3.19. The van der Waals surface area contributed by atoms with Gasteiger partial charge in [0.25, 0.3) is 0 Å². The van der Waals surface area contributed by atoms with Crippen LogP contribution in [0.1, 0.15) is 21.5 Å². The molecule has 0 aliphatic rings. The van der Waals surface area contributed by atoms with Gasteiger partial charge < -0.3 is 10.4 Å². The van der Waals surface area contributed by atoms with E-state index in [0.717, 1.165) is 12.0 Å². The van der Waals surface area contributed by atoms with E-state index in [2.05, 4.69) is 10.3 Å². The van der Waals surface area contributed by atoms with Crippen LogP contribution in [-0.4, -0.2) is 22.6 Å². The lowest BCUT2D eigenvalue weighted by Gasteiger charge is -2.10. The van der Waals surface area contributed by atoms with E-state index in [1.807, 2.05) is 25.1 Å². The molecule has 2 aromatic rings. The van der Waals surface area contributed by atoms with Crippen molar-refractivity contribution >= 4 is 11.7 Å². The third kappa shape index (κ3) is 3.55. The summed E-state index contributed by atoms with van der Waals surface area (Å²) in [6, 6.07) is 9.20. The molecule has 98 valence electrons. The molecule has 4 nitrogen and oxygen atoms in total. The average molecular weight is 256 g/mol. The Morgan fingerprint density at radius 1 is 1.26 bits per heavy atom. The molecule has 19 heavy (non-hydrogen) atoms. The highest BCUT2D eigenvalue weighted by Crippen LogP contribution is 2.17. The number of anilines is 1. The van der Waals surface area contributed by atoms with Gasteiger partial charge in [0.15, 0.2) is 0 Å². The topological polar surface area (TPSA) is 62.2 Å². The minimum absolute atomic E-state index is 0.306. The molecule has 0 radical (unpaired) electrons. The number of benzene rings is 1. The van der Waals surface area contributed by atoms with E-state index in [9.17, 15) is 4.79 Å². The zero-order chi connectivity index (χ0) is 13.7. The van der Waals surface area contributed by atoms with Crippen LogP contribution >= 0.6 is 0 Å². The van der Waals surface area contributed by atoms with Crippen LogP contribution in [0.3, 0.4) is 0 Å². The molecule has 4 heteroatoms. The molecule has 0 fully saturated rings. The van der Waals surface area contributed by atoms with E-state index in [4.69, 9.17) is 5.11 Å². The van der Waals surface area contributed by atoms with Gasteiger partial charge in [-0.2, -0.15) is 0 Å². The van der Waals surface area contributed by atoms with Crippen molar-refractivity contribution in [3.8, 4) is 0 Å². The first-order chi connectivity index (χ1) is 9.16. The fourth-order valence-corrected chi connectivity index (χ4v) is 1.88. The summed E-state index contributed by atoms with van der Waals surface area (Å²) in [6.07, 6.45) is 4.34. The number of hydrogen-bond donors (Lipinski definition) is 2. The number of hydrogen-bond acceptors (Lipinski definition) is 3. The maximum Gasteiger partial charge on any atom is 0.337 e. The molecule has 1 aromatic heterocycles. The number of carboxylic acid groups (broad SMARTS) is 1. The molecule has 0 saturated carbocycles. The predicted molar refractivity (Wildman–Crippen MR) is 74.6 cm³/mol. The zero-order valence-corrected chi connectivity index (χ0v) is 10.8. The van der Waals surface area contributed by atoms with Crippen molar-refractivity contribution in [3.05, 3.63) is 59.4 Å². The number of carboxylic acids is 1. The van der Waals surface area contributed by atoms with Crippen LogP contribution < -0.4 is 5.32 Å². The van der Waals surface area contributed by atoms with Crippen molar-refractivity contribution in [3.63, 3.8) is 0 Å². The number of aromatic carboxylic acids is 1. The van der Waals surface area contributed by atoms with Crippen LogP contribution in [0.2, 0.25) is 0 Å². The number of pyridine rings is 1. The minimum Gasteiger partial charge on any atom is -0.478 e. The molecule has 0 amide bonds. The first-order valence-corrected chi connectivity index (χ1v) is 6.13. The van der Waals surface area contributed by atoms with Crippen molar-refractivity contribution in [2.45, 2.75) is 13.3 Å². The average Bonchev–Trinajstić information content (AvgIpc) is 2.39. The number of rotatable bonds is 5. The third-order valence-corrected chi connectivity index (χ3v) is 2.88. The molecular formula is C15H16N2O2. The molecule has 0 atom stereocenters. The van der Waals surface area contributed by atoms with Crippen LogP contribution in [-0.2, 0) is 6.42 Å². The van der Waals surface area contributed by atoms with Crippen molar-refractivity contribution < 1.29 is 9.90 Å². The van der Waals surface area contributed by atoms with E-state index in [0.29, 0.717) is 17.8 Å². The van der Waals surface area contributed by atoms with Crippen LogP contribution in [0.5, 0.6) is 0 Å². The van der Waals surface area contributed by atoms with Gasteiger partial charge in [-0.05, 0) is 48.7 Å². The van der Waals surface area contributed by atoms with E-state index >= 15 is 0 Å². The monoisotopic (exact) mass is 256 g/mol. The number of carbonyl (C=O) groups is 1. The van der Waals surface area contributed by atoms with Gasteiger partial charge in [0.1, 0.15) is 0 Å². The van der Waals surface area contributed by atoms with Crippen LogP contribution in [0.15, 0.2) is 42.7 Å². The Bertz CT molecular complexity index is 568. The summed E-state index contributed by atoms with van der Waals surface area (Å²) >= 11 is 0. The van der Waals surface area contributed by atoms with Crippen molar-refractivity contribution in [2.24, 2.45) is 0 Å². The van der Waals surface area contributed by atoms with Crippen LogP contribution in [0.25, 0.3) is 0 Å². The highest BCUT2D eigenvalue weighted by Gasteiger charge is 2.09. The second kappa shape index (κ2) is 6.00. The Balaban J connectivity index is 2.03. The lowest BCUT2D eigenvalue weighted by Crippen LogP contribution is -2.09. The second-order valence-corrected chi connectivity index (χ2v) is 4.39. The molecule has 0 aliphatic heterocycles. The fourth-order valence-electron chi connectivity index (χ4n) is 1.88. The molecular weight excluding hydrogens is 240 g/mol. The van der Waals surface area contributed by atoms with Gasteiger partial charge in [0, 0.05) is 24.6 Å². The van der Waals surface area contributed by atoms with E-state index in [-0.39, 0.29) is 0 Å². The minimum atomic E-state index is -0.911. The Hall–Kier alpha value is -2.36. The summed E-state index contributed by atoms with van der Waals surface area (Å²) in [4.78, 5) is 15.1. The maximum absolute atomic E-state index is 11.1. The second-order valence-electron chi connectivity index (χ2n) is 4.39. The molecule has 2 N–H and O–H groups in total. The smallest absolute Gasteiger partial charge is 0.337 e. The standard InChI is InChI=1S/C15H16N2O2/c1-11-2-3-13(15(18)19)14(10-11)17-9-6-12-4-7-16-8-5-12/h2-5,7-8,10,17H,6,9H2,1H3,(H,18,19). The van der Waals surface area contributed by atoms with Gasteiger partial charge in [0.05, 0.1) is 5.56 Å². The lowest BCUT2D eigenvalue weighted by atomic mass is 10.1. The Labute approximate surface area is 112 Å². The summed E-state index contributed by atoms with van der Waals surface area (Å²) in [7, 11) is 0. The molecule has 1 aromatic carbocycles. The molecule has 0 unspecified atom stereocenters. The van der Waals surface area contributed by atoms with Crippen molar-refractivity contribution in [1.29, 1.82) is 0 Å². The SMILES string of the molecule is Cc1ccc(C(=O)O)c(NCCc2ccncc2)c1. The van der Waals surface area contributed by atoms with Gasteiger partial charge in [-0.15, -0.1) is 0 Å². The summed E-state index contributed by atoms with van der Waals surface area (Å²) in [6.45, 7) is 2.63. The third-order valence-electron chi connectivity index (χ3n) is 2.88. The molecule has 0 spiro atoms. The van der Waals surface area contributed by atoms with Crippen LogP contribution in [0, 0.1) is 6.92 Å². The number of nitrogens with one attached hydrogen (secondary N) is 1. The van der Waals surface area contributed by atoms with Crippen molar-refractivity contribution in [1.82, 2.24) is 4.98 Å². The predicted octanol–water partition coefficient (Wildman–Crippen LogP) is 2.74. The highest BCUT2D eigenvalue weighted by molar-refractivity contribution is 5.94. The summed E-state index contributed by atoms with van der Waals surface area (Å²) < 4.78 is 0. The first-order valence-electron chi connectivity index (χ1n) is 6.13. The quantitative estimate of drug-likeness (QED) is 0.863.